The van der Waals surface area contributed by atoms with Gasteiger partial charge in [0.1, 0.15) is 17.3 Å². The molecule has 0 N–H and O–H groups in total. The SMILES string of the molecule is Fc1cc(Oc2ccccc2CCCN2CCOCC2)ccc1Cl. The van der Waals surface area contributed by atoms with Crippen molar-refractivity contribution in [3.63, 3.8) is 0 Å². The van der Waals surface area contributed by atoms with Crippen LogP contribution in [-0.4, -0.2) is 37.7 Å². The third-order valence-corrected chi connectivity index (χ3v) is 4.42. The van der Waals surface area contributed by atoms with Gasteiger partial charge < -0.3 is 9.47 Å². The molecular formula is C19H21ClFNO2. The molecule has 0 radical (unpaired) electrons. The van der Waals surface area contributed by atoms with E-state index in [9.17, 15) is 4.39 Å². The highest BCUT2D eigenvalue weighted by molar-refractivity contribution is 6.30. The lowest BCUT2D eigenvalue weighted by Crippen LogP contribution is -2.36. The highest BCUT2D eigenvalue weighted by Gasteiger charge is 2.11. The average molecular weight is 350 g/mol. The molecule has 3 nitrogen and oxygen atoms in total. The van der Waals surface area contributed by atoms with E-state index < -0.39 is 5.82 Å². The fourth-order valence-corrected chi connectivity index (χ4v) is 2.91. The number of nitrogens with zero attached hydrogens (tertiary/aromatic N) is 1. The molecular weight excluding hydrogens is 329 g/mol. The van der Waals surface area contributed by atoms with Gasteiger partial charge in [-0.2, -0.15) is 0 Å². The maximum atomic E-state index is 13.6. The monoisotopic (exact) mass is 349 g/mol. The smallest absolute Gasteiger partial charge is 0.145 e. The van der Waals surface area contributed by atoms with Crippen LogP contribution in [0.3, 0.4) is 0 Å². The Balaban J connectivity index is 1.60. The van der Waals surface area contributed by atoms with Crippen molar-refractivity contribution in [2.45, 2.75) is 12.8 Å². The number of morpholine rings is 1. The van der Waals surface area contributed by atoms with E-state index in [0.29, 0.717) is 5.75 Å². The topological polar surface area (TPSA) is 21.7 Å². The maximum absolute atomic E-state index is 13.6. The first-order chi connectivity index (χ1) is 11.7. The molecule has 0 atom stereocenters. The minimum atomic E-state index is -0.473. The second kappa shape index (κ2) is 8.47. The summed E-state index contributed by atoms with van der Waals surface area (Å²) in [5.41, 5.74) is 1.13. The van der Waals surface area contributed by atoms with Gasteiger partial charge in [-0.15, -0.1) is 0 Å². The van der Waals surface area contributed by atoms with Crippen molar-refractivity contribution in [1.29, 1.82) is 0 Å². The standard InChI is InChI=1S/C19H21ClFNO2/c20-17-8-7-16(14-18(17)21)24-19-6-2-1-4-15(19)5-3-9-22-10-12-23-13-11-22/h1-2,4,6-8,14H,3,5,9-13H2. The third-order valence-electron chi connectivity index (χ3n) is 4.12. The number of halogens is 2. The molecule has 1 heterocycles. The molecule has 2 aromatic carbocycles. The largest absolute Gasteiger partial charge is 0.457 e. The molecule has 1 saturated heterocycles. The fourth-order valence-electron chi connectivity index (χ4n) is 2.80. The molecule has 0 spiro atoms. The summed E-state index contributed by atoms with van der Waals surface area (Å²) < 4.78 is 24.8. The van der Waals surface area contributed by atoms with Crippen LogP contribution in [0.15, 0.2) is 42.5 Å². The Morgan fingerprint density at radius 1 is 1.12 bits per heavy atom. The Hall–Kier alpha value is -1.62. The van der Waals surface area contributed by atoms with Crippen LogP contribution in [0.4, 0.5) is 4.39 Å². The van der Waals surface area contributed by atoms with Gasteiger partial charge in [-0.25, -0.2) is 4.39 Å². The van der Waals surface area contributed by atoms with Gasteiger partial charge in [0.25, 0.3) is 0 Å². The molecule has 0 aromatic heterocycles. The zero-order chi connectivity index (χ0) is 16.8. The van der Waals surface area contributed by atoms with Crippen molar-refractivity contribution < 1.29 is 13.9 Å². The number of aryl methyl sites for hydroxylation is 1. The van der Waals surface area contributed by atoms with E-state index in [4.69, 9.17) is 21.1 Å². The maximum Gasteiger partial charge on any atom is 0.145 e. The van der Waals surface area contributed by atoms with Crippen LogP contribution in [0.2, 0.25) is 5.02 Å². The van der Waals surface area contributed by atoms with E-state index in [1.54, 1.807) is 6.07 Å². The van der Waals surface area contributed by atoms with Gasteiger partial charge in [0.05, 0.1) is 18.2 Å². The summed E-state index contributed by atoms with van der Waals surface area (Å²) in [7, 11) is 0. The van der Waals surface area contributed by atoms with E-state index in [0.717, 1.165) is 57.0 Å². The van der Waals surface area contributed by atoms with Crippen LogP contribution in [-0.2, 0) is 11.2 Å². The van der Waals surface area contributed by atoms with Crippen molar-refractivity contribution in [3.8, 4) is 11.5 Å². The number of hydrogen-bond donors (Lipinski definition) is 0. The van der Waals surface area contributed by atoms with E-state index in [2.05, 4.69) is 11.0 Å². The zero-order valence-corrected chi connectivity index (χ0v) is 14.3. The molecule has 1 aliphatic heterocycles. The van der Waals surface area contributed by atoms with E-state index in [1.165, 1.54) is 12.1 Å². The molecule has 0 aliphatic carbocycles. The Kier molecular flexibility index (Phi) is 6.07. The Morgan fingerprint density at radius 2 is 1.92 bits per heavy atom. The van der Waals surface area contributed by atoms with E-state index in [1.807, 2.05) is 18.2 Å². The first-order valence-electron chi connectivity index (χ1n) is 8.23. The summed E-state index contributed by atoms with van der Waals surface area (Å²) in [4.78, 5) is 2.42. The van der Waals surface area contributed by atoms with Crippen LogP contribution in [0.5, 0.6) is 11.5 Å². The summed E-state index contributed by atoms with van der Waals surface area (Å²) in [5, 5.41) is 0.0983. The van der Waals surface area contributed by atoms with Gasteiger partial charge in [0.2, 0.25) is 0 Å². The third kappa shape index (κ3) is 4.69. The van der Waals surface area contributed by atoms with Crippen molar-refractivity contribution >= 4 is 11.6 Å². The molecule has 0 amide bonds. The number of para-hydroxylation sites is 1. The number of rotatable bonds is 6. The fraction of sp³-hybridized carbons (Fsp3) is 0.368. The molecule has 1 fully saturated rings. The lowest BCUT2D eigenvalue weighted by molar-refractivity contribution is 0.0374. The molecule has 5 heteroatoms. The second-order valence-electron chi connectivity index (χ2n) is 5.84. The van der Waals surface area contributed by atoms with Gasteiger partial charge in [0.15, 0.2) is 0 Å². The second-order valence-corrected chi connectivity index (χ2v) is 6.25. The van der Waals surface area contributed by atoms with Crippen molar-refractivity contribution in [2.24, 2.45) is 0 Å². The summed E-state index contributed by atoms with van der Waals surface area (Å²) >= 11 is 5.71. The molecule has 0 bridgehead atoms. The Morgan fingerprint density at radius 3 is 2.71 bits per heavy atom. The van der Waals surface area contributed by atoms with E-state index >= 15 is 0 Å². The minimum Gasteiger partial charge on any atom is -0.457 e. The molecule has 3 rings (SSSR count). The number of ether oxygens (including phenoxy) is 2. The van der Waals surface area contributed by atoms with Crippen LogP contribution < -0.4 is 4.74 Å². The first-order valence-corrected chi connectivity index (χ1v) is 8.61. The van der Waals surface area contributed by atoms with Crippen LogP contribution >= 0.6 is 11.6 Å². The Bertz CT molecular complexity index is 674. The minimum absolute atomic E-state index is 0.0983. The molecule has 128 valence electrons. The lowest BCUT2D eigenvalue weighted by Gasteiger charge is -2.26. The molecule has 24 heavy (non-hydrogen) atoms. The highest BCUT2D eigenvalue weighted by Crippen LogP contribution is 2.28. The molecule has 0 unspecified atom stereocenters. The molecule has 2 aromatic rings. The molecule has 1 aliphatic rings. The first kappa shape index (κ1) is 17.2. The van der Waals surface area contributed by atoms with Crippen LogP contribution in [0.25, 0.3) is 0 Å². The van der Waals surface area contributed by atoms with Crippen LogP contribution in [0.1, 0.15) is 12.0 Å². The van der Waals surface area contributed by atoms with Crippen LogP contribution in [0, 0.1) is 5.82 Å². The van der Waals surface area contributed by atoms with Crippen molar-refractivity contribution in [1.82, 2.24) is 4.90 Å². The summed E-state index contributed by atoms with van der Waals surface area (Å²) in [5.74, 6) is 0.748. The van der Waals surface area contributed by atoms with Gasteiger partial charge >= 0.3 is 0 Å². The summed E-state index contributed by atoms with van der Waals surface area (Å²) in [6.45, 7) is 4.70. The summed E-state index contributed by atoms with van der Waals surface area (Å²) in [6.07, 6.45) is 1.97. The zero-order valence-electron chi connectivity index (χ0n) is 13.5. The van der Waals surface area contributed by atoms with Gasteiger partial charge in [-0.05, 0) is 43.1 Å². The van der Waals surface area contributed by atoms with Crippen molar-refractivity contribution in [2.75, 3.05) is 32.8 Å². The predicted molar refractivity (Wildman–Crippen MR) is 93.5 cm³/mol. The predicted octanol–water partition coefficient (Wildman–Crippen LogP) is 4.54. The Labute approximate surface area is 146 Å². The highest BCUT2D eigenvalue weighted by atomic mass is 35.5. The normalized spacial score (nSPS) is 15.4. The van der Waals surface area contributed by atoms with E-state index in [-0.39, 0.29) is 5.02 Å². The van der Waals surface area contributed by atoms with Gasteiger partial charge in [0, 0.05) is 19.2 Å². The van der Waals surface area contributed by atoms with Gasteiger partial charge in [-0.1, -0.05) is 29.8 Å². The quantitative estimate of drug-likeness (QED) is 0.764. The lowest BCUT2D eigenvalue weighted by atomic mass is 10.1. The van der Waals surface area contributed by atoms with Gasteiger partial charge in [-0.3, -0.25) is 4.90 Å². The average Bonchev–Trinajstić information content (AvgIpc) is 2.61. The number of benzene rings is 2. The molecule has 0 saturated carbocycles. The number of hydrogen-bond acceptors (Lipinski definition) is 3. The van der Waals surface area contributed by atoms with Crippen molar-refractivity contribution in [3.05, 3.63) is 58.9 Å². The summed E-state index contributed by atoms with van der Waals surface area (Å²) in [6, 6.07) is 12.4.